The summed E-state index contributed by atoms with van der Waals surface area (Å²) in [7, 11) is 0. The van der Waals surface area contributed by atoms with Gasteiger partial charge in [-0.15, -0.1) is 0 Å². The smallest absolute Gasteiger partial charge is 0.0282 e. The van der Waals surface area contributed by atoms with Gasteiger partial charge in [-0.1, -0.05) is 19.3 Å². The lowest BCUT2D eigenvalue weighted by Crippen LogP contribution is -2.22. The third-order valence-electron chi connectivity index (χ3n) is 1.08. The van der Waals surface area contributed by atoms with Crippen molar-refractivity contribution in [3.8, 4) is 0 Å². The van der Waals surface area contributed by atoms with Crippen LogP contribution in [0.4, 0.5) is 0 Å². The minimum atomic E-state index is -1.53. The topological polar surface area (TPSA) is 26.0 Å². The van der Waals surface area contributed by atoms with Crippen molar-refractivity contribution in [2.45, 2.75) is 38.1 Å². The zero-order chi connectivity index (χ0) is 8.70. The lowest BCUT2D eigenvalue weighted by atomic mass is 9.97. The highest BCUT2D eigenvalue weighted by Crippen LogP contribution is 2.14. The molecule has 42 valence electrons. The molecule has 1 aliphatic rings. The zero-order valence-corrected chi connectivity index (χ0v) is 4.28. The van der Waals surface area contributed by atoms with E-state index in [1.54, 1.807) is 0 Å². The maximum atomic E-state index is 7.39. The number of hydrogen-bond acceptors (Lipinski definition) is 1. The van der Waals surface area contributed by atoms with Crippen molar-refractivity contribution in [2.24, 2.45) is 5.73 Å². The summed E-state index contributed by atoms with van der Waals surface area (Å²) in [6.07, 6.45) is -1.70. The summed E-state index contributed by atoms with van der Waals surface area (Å²) in [5.74, 6) is 0. The van der Waals surface area contributed by atoms with Gasteiger partial charge in [-0.25, -0.2) is 0 Å². The molecular weight excluding hydrogens is 86.1 g/mol. The maximum Gasteiger partial charge on any atom is 0.0282 e. The Morgan fingerprint density at radius 2 is 1.86 bits per heavy atom. The zero-order valence-electron chi connectivity index (χ0n) is 8.28. The van der Waals surface area contributed by atoms with E-state index in [1.165, 1.54) is 0 Å². The molecule has 1 heteroatoms. The highest BCUT2D eigenvalue weighted by Gasteiger charge is 2.06. The van der Waals surface area contributed by atoms with Crippen molar-refractivity contribution in [1.29, 1.82) is 0 Å². The quantitative estimate of drug-likeness (QED) is 0.491. The molecule has 0 aromatic carbocycles. The van der Waals surface area contributed by atoms with Crippen LogP contribution < -0.4 is 5.73 Å². The Hall–Kier alpha value is -0.0400. The van der Waals surface area contributed by atoms with Crippen LogP contribution in [0.15, 0.2) is 0 Å². The van der Waals surface area contributed by atoms with Gasteiger partial charge < -0.3 is 5.73 Å². The third kappa shape index (κ3) is 1.48. The Balaban J connectivity index is 2.76. The molecule has 1 aliphatic carbocycles. The molecule has 0 saturated heterocycles. The van der Waals surface area contributed by atoms with Crippen LogP contribution in [-0.4, -0.2) is 6.04 Å². The molecule has 0 unspecified atom stereocenters. The van der Waals surface area contributed by atoms with Crippen molar-refractivity contribution < 1.29 is 5.48 Å². The van der Waals surface area contributed by atoms with Crippen molar-refractivity contribution >= 4 is 0 Å². The number of hydrogen-bond donors (Lipinski definition) is 1. The van der Waals surface area contributed by atoms with Crippen LogP contribution in [0, 0.1) is 0 Å². The van der Waals surface area contributed by atoms with Gasteiger partial charge in [0.05, 0.1) is 0 Å². The van der Waals surface area contributed by atoms with Crippen molar-refractivity contribution in [1.82, 2.24) is 0 Å². The minimum Gasteiger partial charge on any atom is -0.328 e. The molecule has 1 saturated carbocycles. The van der Waals surface area contributed by atoms with Gasteiger partial charge in [0.2, 0.25) is 0 Å². The predicted molar refractivity (Wildman–Crippen MR) is 31.1 cm³/mol. The lowest BCUT2D eigenvalue weighted by Gasteiger charge is -2.15. The van der Waals surface area contributed by atoms with Crippen LogP contribution in [-0.2, 0) is 0 Å². The summed E-state index contributed by atoms with van der Waals surface area (Å²) in [6.45, 7) is 0. The minimum absolute atomic E-state index is 0.383. The van der Waals surface area contributed by atoms with Gasteiger partial charge in [-0.05, 0) is 12.7 Å². The van der Waals surface area contributed by atoms with E-state index >= 15 is 0 Å². The fraction of sp³-hybridized carbons (Fsp3) is 1.00. The number of nitrogens with two attached hydrogens (primary N) is 1. The molecular formula is C6H13N. The van der Waals surface area contributed by atoms with Gasteiger partial charge >= 0.3 is 0 Å². The van der Waals surface area contributed by atoms with Crippen molar-refractivity contribution in [2.75, 3.05) is 0 Å². The Morgan fingerprint density at radius 1 is 1.29 bits per heavy atom. The maximum absolute atomic E-state index is 7.39. The highest BCUT2D eigenvalue weighted by molar-refractivity contribution is 4.66. The number of rotatable bonds is 0. The largest absolute Gasteiger partial charge is 0.328 e. The third-order valence-corrected chi connectivity index (χ3v) is 1.08. The van der Waals surface area contributed by atoms with E-state index in [2.05, 4.69) is 0 Å². The molecule has 0 heterocycles. The van der Waals surface area contributed by atoms with Gasteiger partial charge in [0.25, 0.3) is 0 Å². The van der Waals surface area contributed by atoms with Crippen LogP contribution in [0.1, 0.15) is 37.5 Å². The monoisotopic (exact) mass is 103 g/mol. The lowest BCUT2D eigenvalue weighted by molar-refractivity contribution is 0.441. The van der Waals surface area contributed by atoms with Gasteiger partial charge in [0.15, 0.2) is 0 Å². The molecule has 0 amide bonds. The van der Waals surface area contributed by atoms with Crippen LogP contribution in [0.5, 0.6) is 0 Å². The second-order valence-corrected chi connectivity index (χ2v) is 1.74. The Kier molecular flexibility index (Phi) is 0.680. The van der Waals surface area contributed by atoms with E-state index in [1.807, 2.05) is 0 Å². The second kappa shape index (κ2) is 2.31. The summed E-state index contributed by atoms with van der Waals surface area (Å²) in [5.41, 5.74) is 5.44. The summed E-state index contributed by atoms with van der Waals surface area (Å²) in [6, 6.07) is -0.969. The van der Waals surface area contributed by atoms with E-state index in [0.717, 1.165) is 0 Å². The molecule has 0 aromatic heterocycles. The van der Waals surface area contributed by atoms with Gasteiger partial charge in [0, 0.05) is 11.5 Å². The predicted octanol–water partition coefficient (Wildman–Crippen LogP) is 1.28. The van der Waals surface area contributed by atoms with Gasteiger partial charge in [-0.3, -0.25) is 0 Å². The van der Waals surface area contributed by atoms with E-state index in [-0.39, 0.29) is 0 Å². The first kappa shape index (κ1) is 2.06. The fourth-order valence-corrected chi connectivity index (χ4v) is 0.676. The van der Waals surface area contributed by atoms with E-state index in [4.69, 9.17) is 11.2 Å². The molecule has 1 nitrogen and oxygen atoms in total. The summed E-state index contributed by atoms with van der Waals surface area (Å²) >= 11 is 0. The summed E-state index contributed by atoms with van der Waals surface area (Å²) in [5, 5.41) is 0. The molecule has 1 fully saturated rings. The molecule has 0 atom stereocenters. The first-order chi connectivity index (χ1) is 4.86. The molecule has 0 aliphatic heterocycles. The first-order valence-electron chi connectivity index (χ1n) is 4.62. The standard InChI is InChI=1S/C6H13N/c7-6-4-2-1-3-5-6/h6H,1-5,7H2/i4D2,5D2. The molecule has 0 bridgehead atoms. The fourth-order valence-electron chi connectivity index (χ4n) is 0.676. The van der Waals surface area contributed by atoms with Crippen LogP contribution in [0.25, 0.3) is 0 Å². The van der Waals surface area contributed by atoms with Crippen molar-refractivity contribution in [3.63, 3.8) is 0 Å². The normalized spacial score (nSPS) is 48.1. The molecule has 1 rings (SSSR count). The molecule has 0 radical (unpaired) electrons. The van der Waals surface area contributed by atoms with Crippen LogP contribution >= 0.6 is 0 Å². The molecule has 7 heavy (non-hydrogen) atoms. The Morgan fingerprint density at radius 3 is 2.29 bits per heavy atom. The first-order valence-corrected chi connectivity index (χ1v) is 2.62. The molecule has 0 spiro atoms. The highest BCUT2D eigenvalue weighted by atomic mass is 14.6. The summed E-state index contributed by atoms with van der Waals surface area (Å²) < 4.78 is 29.6. The van der Waals surface area contributed by atoms with Crippen LogP contribution in [0.2, 0.25) is 0 Å². The molecule has 0 aromatic rings. The van der Waals surface area contributed by atoms with Crippen LogP contribution in [0.3, 0.4) is 0 Å². The van der Waals surface area contributed by atoms with Crippen molar-refractivity contribution in [3.05, 3.63) is 0 Å². The molecule has 2 N–H and O–H groups in total. The Labute approximate surface area is 50.5 Å². The second-order valence-electron chi connectivity index (χ2n) is 1.74. The van der Waals surface area contributed by atoms with Gasteiger partial charge in [0.1, 0.15) is 0 Å². The summed E-state index contributed by atoms with van der Waals surface area (Å²) in [4.78, 5) is 0. The SMILES string of the molecule is [2H]C1([2H])CCCC([2H])([2H])C1N. The Bertz CT molecular complexity index is 141. The van der Waals surface area contributed by atoms with E-state index < -0.39 is 18.8 Å². The average Bonchev–Trinajstić information content (AvgIpc) is 1.82. The van der Waals surface area contributed by atoms with Gasteiger partial charge in [-0.2, -0.15) is 0 Å². The van der Waals surface area contributed by atoms with E-state index in [0.29, 0.717) is 19.3 Å². The average molecular weight is 103 g/mol. The van der Waals surface area contributed by atoms with E-state index in [9.17, 15) is 0 Å².